The molecule has 1 rings (SSSR count). The van der Waals surface area contributed by atoms with Gasteiger partial charge in [0.25, 0.3) is 0 Å². The fourth-order valence-electron chi connectivity index (χ4n) is 0.799. The van der Waals surface area contributed by atoms with E-state index in [1.54, 1.807) is 24.3 Å². The Hall–Kier alpha value is -1.55. The zero-order valence-corrected chi connectivity index (χ0v) is 6.57. The van der Waals surface area contributed by atoms with Gasteiger partial charge in [-0.2, -0.15) is 0 Å². The number of esters is 1. The van der Waals surface area contributed by atoms with E-state index in [0.717, 1.165) is 0 Å². The van der Waals surface area contributed by atoms with E-state index < -0.39 is 0 Å². The summed E-state index contributed by atoms with van der Waals surface area (Å²) < 4.78 is 4.49. The molecule has 0 unspecified atom stereocenters. The van der Waals surface area contributed by atoms with E-state index in [-0.39, 0.29) is 5.97 Å². The lowest BCUT2D eigenvalue weighted by Gasteiger charge is -2.00. The fourth-order valence-corrected chi connectivity index (χ4v) is 0.799. The molecule has 12 heavy (non-hydrogen) atoms. The zero-order valence-electron chi connectivity index (χ0n) is 6.57. The number of ether oxygens (including phenoxy) is 1. The first kappa shape index (κ1) is 8.55. The van der Waals surface area contributed by atoms with Crippen LogP contribution in [-0.2, 0) is 4.74 Å². The van der Waals surface area contributed by atoms with Crippen LogP contribution in [0.3, 0.4) is 0 Å². The maximum absolute atomic E-state index is 10.9. The summed E-state index contributed by atoms with van der Waals surface area (Å²) in [5.74, 6) is -0.389. The monoisotopic (exact) mass is 167 g/mol. The van der Waals surface area contributed by atoms with Gasteiger partial charge in [0, 0.05) is 0 Å². The smallest absolute Gasteiger partial charge is 0.337 e. The number of methoxy groups -OCH3 is 1. The molecule has 0 aliphatic carbocycles. The van der Waals surface area contributed by atoms with E-state index in [2.05, 4.69) is 4.74 Å². The second-order valence-corrected chi connectivity index (χ2v) is 2.18. The van der Waals surface area contributed by atoms with Crippen molar-refractivity contribution in [1.29, 1.82) is 0 Å². The molecule has 4 nitrogen and oxygen atoms in total. The number of hydrogen-bond acceptors (Lipinski definition) is 4. The van der Waals surface area contributed by atoms with E-state index in [1.807, 2.05) is 5.48 Å². The Kier molecular flexibility index (Phi) is 2.66. The van der Waals surface area contributed by atoms with Gasteiger partial charge in [0.05, 0.1) is 18.4 Å². The quantitative estimate of drug-likeness (QED) is 0.514. The molecule has 1 aromatic rings. The Labute approximate surface area is 69.7 Å². The molecule has 0 saturated carbocycles. The Balaban J connectivity index is 2.84. The van der Waals surface area contributed by atoms with Crippen molar-refractivity contribution in [2.45, 2.75) is 0 Å². The van der Waals surface area contributed by atoms with Crippen LogP contribution in [0.2, 0.25) is 0 Å². The van der Waals surface area contributed by atoms with Crippen LogP contribution in [0.25, 0.3) is 0 Å². The van der Waals surface area contributed by atoms with Crippen molar-refractivity contribution < 1.29 is 14.7 Å². The minimum Gasteiger partial charge on any atom is -0.465 e. The first-order chi connectivity index (χ1) is 5.77. The van der Waals surface area contributed by atoms with E-state index >= 15 is 0 Å². The first-order valence-electron chi connectivity index (χ1n) is 3.36. The second kappa shape index (κ2) is 3.73. The average Bonchev–Trinajstić information content (AvgIpc) is 2.17. The van der Waals surface area contributed by atoms with Crippen LogP contribution in [0, 0.1) is 0 Å². The predicted octanol–water partition coefficient (Wildman–Crippen LogP) is 1.27. The highest BCUT2D eigenvalue weighted by Gasteiger charge is 2.02. The molecule has 4 heteroatoms. The molecule has 0 aromatic heterocycles. The largest absolute Gasteiger partial charge is 0.465 e. The molecule has 0 saturated heterocycles. The minimum atomic E-state index is -0.389. The molecule has 0 aliphatic heterocycles. The van der Waals surface area contributed by atoms with E-state index in [0.29, 0.717) is 11.3 Å². The van der Waals surface area contributed by atoms with E-state index in [9.17, 15) is 4.79 Å². The molecule has 0 spiro atoms. The summed E-state index contributed by atoms with van der Waals surface area (Å²) in [6.07, 6.45) is 0. The lowest BCUT2D eigenvalue weighted by molar-refractivity contribution is 0.0601. The number of carbonyl (C=O) groups is 1. The van der Waals surface area contributed by atoms with Crippen molar-refractivity contribution in [2.24, 2.45) is 0 Å². The molecule has 0 heterocycles. The molecule has 0 aliphatic rings. The number of anilines is 1. The minimum absolute atomic E-state index is 0.389. The summed E-state index contributed by atoms with van der Waals surface area (Å²) in [5.41, 5.74) is 2.94. The average molecular weight is 167 g/mol. The second-order valence-electron chi connectivity index (χ2n) is 2.18. The summed E-state index contributed by atoms with van der Waals surface area (Å²) in [5, 5.41) is 8.46. The van der Waals surface area contributed by atoms with Crippen molar-refractivity contribution >= 4 is 11.7 Å². The summed E-state index contributed by atoms with van der Waals surface area (Å²) in [6.45, 7) is 0. The molecular weight excluding hydrogens is 158 g/mol. The van der Waals surface area contributed by atoms with Gasteiger partial charge in [0.15, 0.2) is 0 Å². The Bertz CT molecular complexity index is 268. The molecule has 0 amide bonds. The Morgan fingerprint density at radius 2 is 2.00 bits per heavy atom. The van der Waals surface area contributed by atoms with Gasteiger partial charge in [0.2, 0.25) is 0 Å². The highest BCUT2D eigenvalue weighted by atomic mass is 16.5. The van der Waals surface area contributed by atoms with Crippen molar-refractivity contribution in [3.63, 3.8) is 0 Å². The van der Waals surface area contributed by atoms with Crippen LogP contribution >= 0.6 is 0 Å². The number of nitrogens with one attached hydrogen (secondary N) is 1. The third-order valence-corrected chi connectivity index (χ3v) is 1.44. The number of benzene rings is 1. The van der Waals surface area contributed by atoms with Crippen LogP contribution in [0.15, 0.2) is 24.3 Å². The van der Waals surface area contributed by atoms with Crippen molar-refractivity contribution in [1.82, 2.24) is 0 Å². The van der Waals surface area contributed by atoms with Gasteiger partial charge in [-0.25, -0.2) is 4.79 Å². The third-order valence-electron chi connectivity index (χ3n) is 1.44. The summed E-state index contributed by atoms with van der Waals surface area (Å²) in [6, 6.07) is 6.27. The first-order valence-corrected chi connectivity index (χ1v) is 3.36. The van der Waals surface area contributed by atoms with Crippen LogP contribution in [0.4, 0.5) is 5.69 Å². The van der Waals surface area contributed by atoms with Crippen LogP contribution in [-0.4, -0.2) is 18.3 Å². The lowest BCUT2D eigenvalue weighted by atomic mass is 10.2. The molecule has 2 N–H and O–H groups in total. The zero-order chi connectivity index (χ0) is 8.97. The number of rotatable bonds is 2. The maximum atomic E-state index is 10.9. The highest BCUT2D eigenvalue weighted by Crippen LogP contribution is 2.08. The van der Waals surface area contributed by atoms with Gasteiger partial charge >= 0.3 is 5.97 Å². The summed E-state index contributed by atoms with van der Waals surface area (Å²) in [4.78, 5) is 10.9. The number of hydrogen-bond donors (Lipinski definition) is 2. The molecule has 64 valence electrons. The van der Waals surface area contributed by atoms with Crippen LogP contribution in [0.1, 0.15) is 10.4 Å². The normalized spacial score (nSPS) is 9.17. The molecule has 0 fully saturated rings. The molecule has 0 atom stereocenters. The van der Waals surface area contributed by atoms with E-state index in [4.69, 9.17) is 5.21 Å². The van der Waals surface area contributed by atoms with E-state index in [1.165, 1.54) is 7.11 Å². The van der Waals surface area contributed by atoms with Gasteiger partial charge in [-0.05, 0) is 24.3 Å². The SMILES string of the molecule is COC(=O)c1ccc(NO)cc1. The van der Waals surface area contributed by atoms with Crippen molar-refractivity contribution in [3.8, 4) is 0 Å². The van der Waals surface area contributed by atoms with Gasteiger partial charge in [-0.3, -0.25) is 10.7 Å². The van der Waals surface area contributed by atoms with Crippen LogP contribution in [0.5, 0.6) is 0 Å². The Morgan fingerprint density at radius 1 is 1.42 bits per heavy atom. The van der Waals surface area contributed by atoms with Gasteiger partial charge in [-0.15, -0.1) is 0 Å². The fraction of sp³-hybridized carbons (Fsp3) is 0.125. The summed E-state index contributed by atoms with van der Waals surface area (Å²) in [7, 11) is 1.32. The maximum Gasteiger partial charge on any atom is 0.337 e. The molecule has 0 bridgehead atoms. The van der Waals surface area contributed by atoms with Crippen LogP contribution < -0.4 is 5.48 Å². The topological polar surface area (TPSA) is 58.6 Å². The Morgan fingerprint density at radius 3 is 2.42 bits per heavy atom. The van der Waals surface area contributed by atoms with Crippen molar-refractivity contribution in [3.05, 3.63) is 29.8 Å². The molecular formula is C8H9NO3. The third kappa shape index (κ3) is 1.73. The number of carbonyl (C=O) groups excluding carboxylic acids is 1. The van der Waals surface area contributed by atoms with Gasteiger partial charge in [0.1, 0.15) is 0 Å². The van der Waals surface area contributed by atoms with Gasteiger partial charge in [-0.1, -0.05) is 0 Å². The highest BCUT2D eigenvalue weighted by molar-refractivity contribution is 5.89. The standard InChI is InChI=1S/C8H9NO3/c1-12-8(10)6-2-4-7(9-11)5-3-6/h2-5,9,11H,1H3. The van der Waals surface area contributed by atoms with Crippen molar-refractivity contribution in [2.75, 3.05) is 12.6 Å². The predicted molar refractivity (Wildman–Crippen MR) is 43.2 cm³/mol. The lowest BCUT2D eigenvalue weighted by Crippen LogP contribution is -2.00. The molecule has 0 radical (unpaired) electrons. The molecule has 1 aromatic carbocycles. The van der Waals surface area contributed by atoms with Gasteiger partial charge < -0.3 is 4.74 Å². The summed E-state index contributed by atoms with van der Waals surface area (Å²) >= 11 is 0.